The molecular formula is C14H16FNO2. The first-order chi connectivity index (χ1) is 8.66. The van der Waals surface area contributed by atoms with Crippen molar-refractivity contribution in [1.29, 1.82) is 0 Å². The zero-order chi connectivity index (χ0) is 13.0. The van der Waals surface area contributed by atoms with Crippen LogP contribution in [-0.4, -0.2) is 17.8 Å². The van der Waals surface area contributed by atoms with Crippen LogP contribution in [0.5, 0.6) is 0 Å². The Morgan fingerprint density at radius 2 is 2.06 bits per heavy atom. The number of aliphatic hydroxyl groups excluding tert-OH is 1. The van der Waals surface area contributed by atoms with Gasteiger partial charge in [0.2, 0.25) is 0 Å². The summed E-state index contributed by atoms with van der Waals surface area (Å²) < 4.78 is 19.1. The van der Waals surface area contributed by atoms with Crippen molar-refractivity contribution in [2.24, 2.45) is 0 Å². The van der Waals surface area contributed by atoms with Crippen molar-refractivity contribution in [2.45, 2.75) is 19.6 Å². The van der Waals surface area contributed by atoms with Gasteiger partial charge in [-0.05, 0) is 31.2 Å². The highest BCUT2D eigenvalue weighted by atomic mass is 19.1. The lowest BCUT2D eigenvalue weighted by atomic mass is 10.1. The predicted molar refractivity (Wildman–Crippen MR) is 67.5 cm³/mol. The van der Waals surface area contributed by atoms with E-state index in [9.17, 15) is 4.39 Å². The average molecular weight is 249 g/mol. The molecule has 1 heterocycles. The van der Waals surface area contributed by atoms with Gasteiger partial charge >= 0.3 is 0 Å². The van der Waals surface area contributed by atoms with Crippen molar-refractivity contribution >= 4 is 0 Å². The second-order valence-electron chi connectivity index (χ2n) is 4.23. The fourth-order valence-corrected chi connectivity index (χ4v) is 1.68. The van der Waals surface area contributed by atoms with Crippen molar-refractivity contribution in [3.05, 3.63) is 48.0 Å². The lowest BCUT2D eigenvalue weighted by molar-refractivity contribution is 0.190. The lowest BCUT2D eigenvalue weighted by Gasteiger charge is -2.04. The number of halogens is 1. The van der Waals surface area contributed by atoms with Gasteiger partial charge in [-0.15, -0.1) is 0 Å². The van der Waals surface area contributed by atoms with Crippen LogP contribution in [0.15, 0.2) is 40.8 Å². The molecular weight excluding hydrogens is 233 g/mol. The summed E-state index contributed by atoms with van der Waals surface area (Å²) in [6.45, 7) is 2.72. The van der Waals surface area contributed by atoms with Crippen LogP contribution < -0.4 is 5.32 Å². The Kier molecular flexibility index (Phi) is 4.12. The molecule has 1 aromatic carbocycles. The maximum absolute atomic E-state index is 13.5. The van der Waals surface area contributed by atoms with Gasteiger partial charge in [0.25, 0.3) is 0 Å². The monoisotopic (exact) mass is 249 g/mol. The molecule has 3 nitrogen and oxygen atoms in total. The van der Waals surface area contributed by atoms with Crippen LogP contribution in [0.25, 0.3) is 11.3 Å². The zero-order valence-electron chi connectivity index (χ0n) is 10.2. The van der Waals surface area contributed by atoms with Gasteiger partial charge in [-0.1, -0.05) is 12.1 Å². The van der Waals surface area contributed by atoms with E-state index in [1.54, 1.807) is 37.3 Å². The molecule has 1 aromatic heterocycles. The van der Waals surface area contributed by atoms with Crippen LogP contribution in [0, 0.1) is 5.82 Å². The fraction of sp³-hybridized carbons (Fsp3) is 0.286. The number of hydrogen-bond donors (Lipinski definition) is 2. The molecule has 0 aliphatic heterocycles. The van der Waals surface area contributed by atoms with E-state index in [-0.39, 0.29) is 5.82 Å². The topological polar surface area (TPSA) is 45.4 Å². The third kappa shape index (κ3) is 3.18. The van der Waals surface area contributed by atoms with E-state index in [0.29, 0.717) is 30.2 Å². The molecule has 96 valence electrons. The Morgan fingerprint density at radius 1 is 1.28 bits per heavy atom. The summed E-state index contributed by atoms with van der Waals surface area (Å²) in [6.07, 6.45) is -0.397. The van der Waals surface area contributed by atoms with Gasteiger partial charge in [0, 0.05) is 6.54 Å². The number of benzene rings is 1. The van der Waals surface area contributed by atoms with E-state index >= 15 is 0 Å². The fourth-order valence-electron chi connectivity index (χ4n) is 1.68. The van der Waals surface area contributed by atoms with Crippen LogP contribution in [-0.2, 0) is 6.54 Å². The van der Waals surface area contributed by atoms with Gasteiger partial charge in [0.1, 0.15) is 17.3 Å². The van der Waals surface area contributed by atoms with Crippen LogP contribution in [0.4, 0.5) is 4.39 Å². The molecule has 0 radical (unpaired) electrons. The largest absolute Gasteiger partial charge is 0.460 e. The summed E-state index contributed by atoms with van der Waals surface area (Å²) in [5.74, 6) is 0.936. The molecule has 4 heteroatoms. The summed E-state index contributed by atoms with van der Waals surface area (Å²) in [5, 5.41) is 12.2. The number of rotatable bonds is 5. The van der Waals surface area contributed by atoms with Crippen molar-refractivity contribution in [2.75, 3.05) is 6.54 Å². The zero-order valence-corrected chi connectivity index (χ0v) is 10.2. The summed E-state index contributed by atoms with van der Waals surface area (Å²) in [5.41, 5.74) is 0.458. The quantitative estimate of drug-likeness (QED) is 0.856. The van der Waals surface area contributed by atoms with Crippen LogP contribution in [0.2, 0.25) is 0 Å². The standard InChI is InChI=1S/C14H16FNO2/c1-10(17)8-16-9-11-6-7-14(18-11)12-4-2-3-5-13(12)15/h2-7,10,16-17H,8-9H2,1H3/t10-/m1/s1. The molecule has 0 bridgehead atoms. The highest BCUT2D eigenvalue weighted by molar-refractivity contribution is 5.58. The highest BCUT2D eigenvalue weighted by Gasteiger charge is 2.08. The van der Waals surface area contributed by atoms with Gasteiger partial charge in [-0.2, -0.15) is 0 Å². The molecule has 2 aromatic rings. The lowest BCUT2D eigenvalue weighted by Crippen LogP contribution is -2.23. The normalized spacial score (nSPS) is 12.6. The molecule has 2 N–H and O–H groups in total. The van der Waals surface area contributed by atoms with Gasteiger partial charge in [0.15, 0.2) is 0 Å². The van der Waals surface area contributed by atoms with Gasteiger partial charge in [-0.3, -0.25) is 0 Å². The molecule has 0 fully saturated rings. The summed E-state index contributed by atoms with van der Waals surface area (Å²) in [7, 11) is 0. The maximum atomic E-state index is 13.5. The molecule has 0 saturated carbocycles. The number of nitrogens with one attached hydrogen (secondary N) is 1. The Morgan fingerprint density at radius 3 is 2.78 bits per heavy atom. The molecule has 0 amide bonds. The third-order valence-corrected chi connectivity index (χ3v) is 2.54. The van der Waals surface area contributed by atoms with Crippen LogP contribution >= 0.6 is 0 Å². The number of furan rings is 1. The molecule has 0 aliphatic carbocycles. The first-order valence-electron chi connectivity index (χ1n) is 5.89. The highest BCUT2D eigenvalue weighted by Crippen LogP contribution is 2.24. The van der Waals surface area contributed by atoms with Gasteiger partial charge in [-0.25, -0.2) is 4.39 Å². The Bertz CT molecular complexity index is 508. The minimum atomic E-state index is -0.397. The van der Waals surface area contributed by atoms with Crippen molar-refractivity contribution < 1.29 is 13.9 Å². The van der Waals surface area contributed by atoms with E-state index in [2.05, 4.69) is 5.32 Å². The summed E-state index contributed by atoms with van der Waals surface area (Å²) >= 11 is 0. The van der Waals surface area contributed by atoms with E-state index in [0.717, 1.165) is 0 Å². The van der Waals surface area contributed by atoms with Gasteiger partial charge in [0.05, 0.1) is 18.2 Å². The molecule has 18 heavy (non-hydrogen) atoms. The van der Waals surface area contributed by atoms with E-state index in [1.165, 1.54) is 6.07 Å². The number of aliphatic hydroxyl groups is 1. The van der Waals surface area contributed by atoms with E-state index in [1.807, 2.05) is 0 Å². The third-order valence-electron chi connectivity index (χ3n) is 2.54. The van der Waals surface area contributed by atoms with Crippen molar-refractivity contribution in [1.82, 2.24) is 5.32 Å². The first kappa shape index (κ1) is 12.8. The number of hydrogen-bond acceptors (Lipinski definition) is 3. The predicted octanol–water partition coefficient (Wildman–Crippen LogP) is 2.56. The molecule has 0 spiro atoms. The van der Waals surface area contributed by atoms with E-state index in [4.69, 9.17) is 9.52 Å². The molecule has 2 rings (SSSR count). The summed E-state index contributed by atoms with van der Waals surface area (Å²) in [4.78, 5) is 0. The minimum absolute atomic E-state index is 0.296. The first-order valence-corrected chi connectivity index (χ1v) is 5.89. The second kappa shape index (κ2) is 5.80. The second-order valence-corrected chi connectivity index (χ2v) is 4.23. The molecule has 0 aliphatic rings. The molecule has 1 atom stereocenters. The Labute approximate surface area is 105 Å². The van der Waals surface area contributed by atoms with Crippen molar-refractivity contribution in [3.8, 4) is 11.3 Å². The Hall–Kier alpha value is -1.65. The molecule has 0 saturated heterocycles. The van der Waals surface area contributed by atoms with Crippen molar-refractivity contribution in [3.63, 3.8) is 0 Å². The SMILES string of the molecule is C[C@@H](O)CNCc1ccc(-c2ccccc2F)o1. The van der Waals surface area contributed by atoms with Crippen LogP contribution in [0.1, 0.15) is 12.7 Å². The van der Waals surface area contributed by atoms with Crippen LogP contribution in [0.3, 0.4) is 0 Å². The average Bonchev–Trinajstić information content (AvgIpc) is 2.78. The summed E-state index contributed by atoms with van der Waals surface area (Å²) in [6, 6.07) is 10.1. The maximum Gasteiger partial charge on any atom is 0.137 e. The Balaban J connectivity index is 2.04. The van der Waals surface area contributed by atoms with Gasteiger partial charge < -0.3 is 14.8 Å². The molecule has 0 unspecified atom stereocenters. The minimum Gasteiger partial charge on any atom is -0.460 e. The van der Waals surface area contributed by atoms with E-state index < -0.39 is 6.10 Å². The smallest absolute Gasteiger partial charge is 0.137 e.